The molecule has 0 saturated carbocycles. The van der Waals surface area contributed by atoms with Crippen LogP contribution in [0.5, 0.6) is 5.75 Å². The van der Waals surface area contributed by atoms with Crippen LogP contribution >= 0.6 is 0 Å². The topological polar surface area (TPSA) is 82.0 Å². The highest BCUT2D eigenvalue weighted by molar-refractivity contribution is 5.96. The molecule has 0 aliphatic rings. The number of hydrogen-bond acceptors (Lipinski definition) is 4. The first-order chi connectivity index (χ1) is 15.9. The van der Waals surface area contributed by atoms with Gasteiger partial charge in [0.2, 0.25) is 0 Å². The maximum Gasteiger partial charge on any atom is 0.254 e. The number of halogens is 2. The number of nitrogens with one attached hydrogen (secondary N) is 1. The summed E-state index contributed by atoms with van der Waals surface area (Å²) in [4.78, 5) is 14.6. The zero-order chi connectivity index (χ0) is 23.5. The second-order valence-corrected chi connectivity index (χ2v) is 7.54. The second-order valence-electron chi connectivity index (χ2n) is 7.54. The number of hydrogen-bond donors (Lipinski definition) is 1. The van der Waals surface area contributed by atoms with Crippen LogP contribution in [-0.4, -0.2) is 34.7 Å². The molecule has 0 unspecified atom stereocenters. The smallest absolute Gasteiger partial charge is 0.254 e. The van der Waals surface area contributed by atoms with E-state index >= 15 is 0 Å². The zero-order valence-electron chi connectivity index (χ0n) is 18.0. The molecule has 8 heteroatoms. The monoisotopic (exact) mass is 446 g/mol. The van der Waals surface area contributed by atoms with E-state index in [1.54, 1.807) is 38.2 Å². The number of nitriles is 1. The van der Waals surface area contributed by atoms with E-state index in [9.17, 15) is 13.6 Å². The van der Waals surface area contributed by atoms with E-state index < -0.39 is 11.6 Å². The van der Waals surface area contributed by atoms with Gasteiger partial charge in [0.25, 0.3) is 5.91 Å². The Hall–Kier alpha value is -4.25. The van der Waals surface area contributed by atoms with Crippen molar-refractivity contribution in [2.24, 2.45) is 0 Å². The van der Waals surface area contributed by atoms with Gasteiger partial charge in [-0.2, -0.15) is 10.4 Å². The number of ether oxygens (including phenoxy) is 1. The minimum absolute atomic E-state index is 0.163. The molecule has 0 spiro atoms. The van der Waals surface area contributed by atoms with Crippen LogP contribution in [0, 0.1) is 23.0 Å². The largest absolute Gasteiger partial charge is 0.493 e. The molecule has 33 heavy (non-hydrogen) atoms. The highest BCUT2D eigenvalue weighted by Gasteiger charge is 2.18. The number of fused-ring (bicyclic) bond motifs is 1. The van der Waals surface area contributed by atoms with Crippen molar-refractivity contribution < 1.29 is 18.3 Å². The van der Waals surface area contributed by atoms with Crippen molar-refractivity contribution in [3.05, 3.63) is 83.1 Å². The van der Waals surface area contributed by atoms with Crippen molar-refractivity contribution in [2.75, 3.05) is 13.7 Å². The van der Waals surface area contributed by atoms with Gasteiger partial charge in [-0.3, -0.25) is 9.89 Å². The van der Waals surface area contributed by atoms with Crippen LogP contribution in [-0.2, 0) is 6.54 Å². The summed E-state index contributed by atoms with van der Waals surface area (Å²) in [6, 6.07) is 13.6. The number of rotatable bonds is 6. The van der Waals surface area contributed by atoms with Crippen molar-refractivity contribution >= 4 is 16.8 Å². The lowest BCUT2D eigenvalue weighted by Gasteiger charge is -2.19. The minimum atomic E-state index is -0.536. The minimum Gasteiger partial charge on any atom is -0.493 e. The fourth-order valence-electron chi connectivity index (χ4n) is 3.74. The number of amides is 1. The summed E-state index contributed by atoms with van der Waals surface area (Å²) in [6.07, 6.45) is 1.53. The molecule has 4 rings (SSSR count). The number of H-pyrrole nitrogens is 1. The highest BCUT2D eigenvalue weighted by atomic mass is 19.1. The van der Waals surface area contributed by atoms with Gasteiger partial charge in [0.15, 0.2) is 0 Å². The van der Waals surface area contributed by atoms with E-state index in [0.29, 0.717) is 45.5 Å². The Morgan fingerprint density at radius 2 is 1.94 bits per heavy atom. The van der Waals surface area contributed by atoms with E-state index in [-0.39, 0.29) is 18.0 Å². The molecule has 0 radical (unpaired) electrons. The van der Waals surface area contributed by atoms with Crippen LogP contribution < -0.4 is 4.74 Å². The van der Waals surface area contributed by atoms with Gasteiger partial charge in [-0.1, -0.05) is 0 Å². The summed E-state index contributed by atoms with van der Waals surface area (Å²) in [5.74, 6) is -0.842. The molecule has 1 N–H and O–H groups in total. The van der Waals surface area contributed by atoms with Gasteiger partial charge in [-0.15, -0.1) is 0 Å². The first kappa shape index (κ1) is 22.0. The molecule has 0 atom stereocenters. The third kappa shape index (κ3) is 4.53. The molecule has 1 heterocycles. The van der Waals surface area contributed by atoms with Gasteiger partial charge in [-0.05, 0) is 61.0 Å². The second kappa shape index (κ2) is 9.09. The molecular weight excluding hydrogens is 426 g/mol. The van der Waals surface area contributed by atoms with E-state index in [1.807, 2.05) is 6.07 Å². The van der Waals surface area contributed by atoms with E-state index in [0.717, 1.165) is 6.07 Å². The average molecular weight is 446 g/mol. The maximum absolute atomic E-state index is 14.0. The molecule has 3 aromatic carbocycles. The Balaban J connectivity index is 1.65. The van der Waals surface area contributed by atoms with Crippen LogP contribution in [0.4, 0.5) is 8.78 Å². The molecule has 0 aliphatic heterocycles. The van der Waals surface area contributed by atoms with Crippen LogP contribution in [0.2, 0.25) is 0 Å². The summed E-state index contributed by atoms with van der Waals surface area (Å²) in [5, 5.41) is 16.6. The van der Waals surface area contributed by atoms with E-state index in [2.05, 4.69) is 10.2 Å². The quantitative estimate of drug-likeness (QED) is 0.449. The molecule has 0 aliphatic carbocycles. The normalized spacial score (nSPS) is 10.8. The summed E-state index contributed by atoms with van der Waals surface area (Å²) in [5.41, 5.74) is 2.86. The molecule has 0 saturated heterocycles. The van der Waals surface area contributed by atoms with Gasteiger partial charge in [0, 0.05) is 35.7 Å². The van der Waals surface area contributed by atoms with Crippen molar-refractivity contribution in [2.45, 2.75) is 13.5 Å². The summed E-state index contributed by atoms with van der Waals surface area (Å²) < 4.78 is 33.7. The predicted molar refractivity (Wildman–Crippen MR) is 120 cm³/mol. The summed E-state index contributed by atoms with van der Waals surface area (Å²) in [6.45, 7) is 2.30. The van der Waals surface area contributed by atoms with Crippen molar-refractivity contribution in [3.63, 3.8) is 0 Å². The van der Waals surface area contributed by atoms with Crippen molar-refractivity contribution in [1.29, 1.82) is 5.26 Å². The molecule has 6 nitrogen and oxygen atoms in total. The van der Waals surface area contributed by atoms with E-state index in [1.165, 1.54) is 29.3 Å². The summed E-state index contributed by atoms with van der Waals surface area (Å²) >= 11 is 0. The molecule has 4 aromatic rings. The molecule has 1 aromatic heterocycles. The lowest BCUT2D eigenvalue weighted by molar-refractivity contribution is 0.0785. The fourth-order valence-corrected chi connectivity index (χ4v) is 3.74. The summed E-state index contributed by atoms with van der Waals surface area (Å²) in [7, 11) is 1.62. The lowest BCUT2D eigenvalue weighted by atomic mass is 10.00. The molecule has 1 amide bonds. The SMILES string of the molecule is CCOc1cc(C(=O)N(C)Cc2cc(F)cc3cn[nH]c23)ccc1-c1cc(F)cc(C#N)c1. The van der Waals surface area contributed by atoms with Gasteiger partial charge >= 0.3 is 0 Å². The number of aromatic nitrogens is 2. The van der Waals surface area contributed by atoms with Gasteiger partial charge in [0.05, 0.1) is 30.0 Å². The van der Waals surface area contributed by atoms with Gasteiger partial charge in [0.1, 0.15) is 17.4 Å². The first-order valence-electron chi connectivity index (χ1n) is 10.2. The molecule has 166 valence electrons. The first-order valence-corrected chi connectivity index (χ1v) is 10.2. The van der Waals surface area contributed by atoms with E-state index in [4.69, 9.17) is 10.00 Å². The maximum atomic E-state index is 14.0. The number of carbonyl (C=O) groups is 1. The number of nitrogens with zero attached hydrogens (tertiary/aromatic N) is 3. The number of benzene rings is 3. The highest BCUT2D eigenvalue weighted by Crippen LogP contribution is 2.33. The Morgan fingerprint density at radius 3 is 2.70 bits per heavy atom. The zero-order valence-corrected chi connectivity index (χ0v) is 18.0. The molecular formula is C25H20F2N4O2. The van der Waals surface area contributed by atoms with Gasteiger partial charge in [-0.25, -0.2) is 8.78 Å². The number of carbonyl (C=O) groups excluding carboxylic acids is 1. The van der Waals surface area contributed by atoms with Crippen LogP contribution in [0.15, 0.2) is 54.7 Å². The Labute approximate surface area is 189 Å². The third-order valence-electron chi connectivity index (χ3n) is 5.22. The third-order valence-corrected chi connectivity index (χ3v) is 5.22. The van der Waals surface area contributed by atoms with Crippen LogP contribution in [0.1, 0.15) is 28.4 Å². The van der Waals surface area contributed by atoms with Gasteiger partial charge < -0.3 is 9.64 Å². The van der Waals surface area contributed by atoms with Crippen molar-refractivity contribution in [3.8, 4) is 22.9 Å². The number of aromatic amines is 1. The molecule has 0 bridgehead atoms. The lowest BCUT2D eigenvalue weighted by Crippen LogP contribution is -2.26. The standard InChI is InChI=1S/C25H20F2N4O2/c1-3-33-23-11-16(4-5-22(23)17-6-15(12-28)7-20(26)8-17)25(32)31(2)14-19-10-21(27)9-18-13-29-30-24(18)19/h4-11,13H,3,14H2,1-2H3,(H,29,30). The Bertz CT molecular complexity index is 1390. The van der Waals surface area contributed by atoms with Crippen LogP contribution in [0.25, 0.3) is 22.0 Å². The Morgan fingerprint density at radius 1 is 1.15 bits per heavy atom. The average Bonchev–Trinajstić information content (AvgIpc) is 3.27. The predicted octanol–water partition coefficient (Wildman–Crippen LogP) is 5.05. The van der Waals surface area contributed by atoms with Crippen molar-refractivity contribution in [1.82, 2.24) is 15.1 Å². The Kier molecular flexibility index (Phi) is 6.05. The van der Waals surface area contributed by atoms with Crippen LogP contribution in [0.3, 0.4) is 0 Å². The molecule has 0 fully saturated rings. The fraction of sp³-hybridized carbons (Fsp3) is 0.160.